The van der Waals surface area contributed by atoms with Gasteiger partial charge in [-0.2, -0.15) is 0 Å². The zero-order valence-corrected chi connectivity index (χ0v) is 21.8. The quantitative estimate of drug-likeness (QED) is 0.0828. The van der Waals surface area contributed by atoms with E-state index in [9.17, 15) is 61.0 Å². The molecule has 230 valence electrons. The topological polar surface area (TPSA) is 267 Å². The molecule has 2 saturated heterocycles. The van der Waals surface area contributed by atoms with E-state index in [4.69, 9.17) is 14.2 Å². The van der Waals surface area contributed by atoms with Gasteiger partial charge in [0.25, 0.3) is 5.79 Å². The lowest BCUT2D eigenvalue weighted by Crippen LogP contribution is -2.77. The number of carbonyl (C=O) groups is 1. The molecule has 0 radical (unpaired) electrons. The molecule has 2 heterocycles. The number of aromatic hydroxyl groups is 3. The maximum atomic E-state index is 12.7. The fourth-order valence-electron chi connectivity index (χ4n) is 4.85. The Hall–Kier alpha value is -3.35. The van der Waals surface area contributed by atoms with Gasteiger partial charge in [-0.15, -0.1) is 0 Å². The minimum absolute atomic E-state index is 0.225. The molecule has 0 saturated carbocycles. The van der Waals surface area contributed by atoms with E-state index in [2.05, 4.69) is 0 Å². The van der Waals surface area contributed by atoms with Crippen molar-refractivity contribution in [3.8, 4) is 23.0 Å². The fourth-order valence-corrected chi connectivity index (χ4v) is 4.85. The van der Waals surface area contributed by atoms with Crippen molar-refractivity contribution in [2.45, 2.75) is 60.7 Å². The zero-order valence-electron chi connectivity index (χ0n) is 21.8. The van der Waals surface area contributed by atoms with E-state index in [1.807, 2.05) is 0 Å². The molecule has 42 heavy (non-hydrogen) atoms. The number of carbonyl (C=O) groups excluding carboxylic acids is 1. The van der Waals surface area contributed by atoms with Gasteiger partial charge in [0.2, 0.25) is 0 Å². The third-order valence-electron chi connectivity index (χ3n) is 7.21. The van der Waals surface area contributed by atoms with Crippen LogP contribution in [0, 0.1) is 0 Å². The van der Waals surface area contributed by atoms with Crippen LogP contribution in [0.1, 0.15) is 15.9 Å². The van der Waals surface area contributed by atoms with Gasteiger partial charge < -0.3 is 70.4 Å². The predicted molar refractivity (Wildman–Crippen MR) is 138 cm³/mol. The van der Waals surface area contributed by atoms with Crippen molar-refractivity contribution in [2.75, 3.05) is 13.2 Å². The number of hydrogen-bond donors (Lipinski definition) is 11. The van der Waals surface area contributed by atoms with Crippen LogP contribution in [0.25, 0.3) is 6.08 Å². The Morgan fingerprint density at radius 2 is 1.45 bits per heavy atom. The number of hydrogen-bond acceptors (Lipinski definition) is 15. The number of benzene rings is 2. The molecular weight excluding hydrogens is 564 g/mol. The molecular formula is C27H32O15. The molecule has 0 bridgehead atoms. The van der Waals surface area contributed by atoms with Crippen LogP contribution in [0.5, 0.6) is 23.0 Å². The number of aliphatic hydroxyl groups is 8. The Morgan fingerprint density at radius 3 is 2.07 bits per heavy atom. The molecule has 15 heteroatoms. The van der Waals surface area contributed by atoms with Crippen LogP contribution >= 0.6 is 0 Å². The average molecular weight is 597 g/mol. The number of ketones is 1. The molecule has 2 fully saturated rings. The first-order valence-electron chi connectivity index (χ1n) is 12.7. The molecule has 15 nitrogen and oxygen atoms in total. The second-order valence-electron chi connectivity index (χ2n) is 9.96. The van der Waals surface area contributed by atoms with Crippen molar-refractivity contribution >= 4 is 11.9 Å². The third kappa shape index (κ3) is 5.80. The average Bonchev–Trinajstić information content (AvgIpc) is 2.97. The smallest absolute Gasteiger partial charge is 0.268 e. The Kier molecular flexibility index (Phi) is 9.39. The summed E-state index contributed by atoms with van der Waals surface area (Å²) in [6, 6.07) is 7.02. The first kappa shape index (κ1) is 31.6. The number of phenols is 3. The van der Waals surface area contributed by atoms with Crippen molar-refractivity contribution in [1.82, 2.24) is 0 Å². The van der Waals surface area contributed by atoms with Crippen LogP contribution in [0.4, 0.5) is 0 Å². The summed E-state index contributed by atoms with van der Waals surface area (Å²) in [6.45, 7) is -1.78. The Morgan fingerprint density at radius 1 is 0.786 bits per heavy atom. The van der Waals surface area contributed by atoms with Crippen LogP contribution in [-0.4, -0.2) is 136 Å². The highest BCUT2D eigenvalue weighted by atomic mass is 16.7. The van der Waals surface area contributed by atoms with Crippen molar-refractivity contribution in [2.24, 2.45) is 0 Å². The van der Waals surface area contributed by atoms with Gasteiger partial charge in [0.05, 0.1) is 18.8 Å². The van der Waals surface area contributed by atoms with Gasteiger partial charge in [0.15, 0.2) is 29.5 Å². The van der Waals surface area contributed by atoms with Gasteiger partial charge in [-0.25, -0.2) is 0 Å². The number of aliphatic hydroxyl groups excluding tert-OH is 8. The zero-order chi connectivity index (χ0) is 30.9. The van der Waals surface area contributed by atoms with Crippen LogP contribution < -0.4 is 4.74 Å². The molecule has 2 aliphatic rings. The van der Waals surface area contributed by atoms with E-state index in [-0.39, 0.29) is 17.1 Å². The normalized spacial score (nSPS) is 35.3. The largest absolute Gasteiger partial charge is 0.507 e. The number of ether oxygens (including phenoxy) is 3. The van der Waals surface area contributed by atoms with Crippen LogP contribution in [0.3, 0.4) is 0 Å². The molecule has 0 spiro atoms. The highest BCUT2D eigenvalue weighted by Gasteiger charge is 2.65. The summed E-state index contributed by atoms with van der Waals surface area (Å²) in [5.41, 5.74) is 0.138. The maximum absolute atomic E-state index is 12.7. The van der Waals surface area contributed by atoms with Crippen molar-refractivity contribution in [1.29, 1.82) is 0 Å². The van der Waals surface area contributed by atoms with Crippen molar-refractivity contribution in [3.05, 3.63) is 53.6 Å². The Labute approximate surface area is 238 Å². The maximum Gasteiger partial charge on any atom is 0.268 e. The monoisotopic (exact) mass is 596 g/mol. The molecule has 0 amide bonds. The van der Waals surface area contributed by atoms with E-state index in [0.717, 1.165) is 24.3 Å². The lowest BCUT2D eigenvalue weighted by Gasteiger charge is -2.54. The molecule has 2 aliphatic heterocycles. The van der Waals surface area contributed by atoms with E-state index in [1.54, 1.807) is 0 Å². The van der Waals surface area contributed by atoms with Crippen LogP contribution in [0.15, 0.2) is 42.5 Å². The molecule has 2 aromatic carbocycles. The number of allylic oxidation sites excluding steroid dienone is 1. The van der Waals surface area contributed by atoms with Crippen molar-refractivity contribution < 1.29 is 75.2 Å². The first-order chi connectivity index (χ1) is 19.8. The molecule has 0 aliphatic carbocycles. The molecule has 2 aromatic rings. The number of rotatable bonds is 8. The summed E-state index contributed by atoms with van der Waals surface area (Å²) in [5.74, 6) is -5.15. The molecule has 4 rings (SSSR count). The third-order valence-corrected chi connectivity index (χ3v) is 7.21. The Bertz CT molecular complexity index is 1300. The van der Waals surface area contributed by atoms with Gasteiger partial charge in [-0.1, -0.05) is 12.1 Å². The SMILES string of the molecule is O=C(C=Cc1ccc(O)c(O)c1)c1ccc(OC2(C3OC(CO)C(O)C(O)C3O)OC(CO)C(O)C(O)C2O)cc1O. The summed E-state index contributed by atoms with van der Waals surface area (Å²) in [5, 5.41) is 112. The standard InChI is InChI=1S/C27H32O15/c28-9-18-20(34)22(36)24(38)26(40-18)27(25(39)23(37)21(35)19(10-29)42-27)41-12-3-4-13(16(32)8-12)14(30)5-1-11-2-6-15(31)17(33)7-11/h1-8,18-26,28-29,31-39H,9-10H2. The van der Waals surface area contributed by atoms with E-state index in [1.165, 1.54) is 24.3 Å². The summed E-state index contributed by atoms with van der Waals surface area (Å²) in [4.78, 5) is 12.7. The lowest BCUT2D eigenvalue weighted by atomic mass is 9.83. The first-order valence-corrected chi connectivity index (χ1v) is 12.7. The predicted octanol–water partition coefficient (Wildman–Crippen LogP) is -2.91. The van der Waals surface area contributed by atoms with E-state index >= 15 is 0 Å². The van der Waals surface area contributed by atoms with Crippen molar-refractivity contribution in [3.63, 3.8) is 0 Å². The molecule has 10 atom stereocenters. The number of phenolic OH excluding ortho intramolecular Hbond substituents is 3. The molecule has 0 aromatic heterocycles. The van der Waals surface area contributed by atoms with Gasteiger partial charge in [-0.3, -0.25) is 4.79 Å². The van der Waals surface area contributed by atoms with E-state index in [0.29, 0.717) is 5.56 Å². The molecule has 11 N–H and O–H groups in total. The second-order valence-corrected chi connectivity index (χ2v) is 9.96. The highest BCUT2D eigenvalue weighted by Crippen LogP contribution is 2.41. The van der Waals surface area contributed by atoms with Crippen LogP contribution in [-0.2, 0) is 9.47 Å². The fraction of sp³-hybridized carbons (Fsp3) is 0.444. The van der Waals surface area contributed by atoms with Gasteiger partial charge in [0.1, 0.15) is 54.2 Å². The van der Waals surface area contributed by atoms with Crippen LogP contribution in [0.2, 0.25) is 0 Å². The Balaban J connectivity index is 1.68. The molecule has 10 unspecified atom stereocenters. The van der Waals surface area contributed by atoms with Gasteiger partial charge in [-0.05, 0) is 35.9 Å². The second kappa shape index (κ2) is 12.5. The summed E-state index contributed by atoms with van der Waals surface area (Å²) in [7, 11) is 0. The summed E-state index contributed by atoms with van der Waals surface area (Å²) >= 11 is 0. The minimum Gasteiger partial charge on any atom is -0.507 e. The highest BCUT2D eigenvalue weighted by molar-refractivity contribution is 6.08. The van der Waals surface area contributed by atoms with E-state index < -0.39 is 91.2 Å². The summed E-state index contributed by atoms with van der Waals surface area (Å²) < 4.78 is 17.0. The summed E-state index contributed by atoms with van der Waals surface area (Å²) in [6.07, 6.45) is -14.7. The lowest BCUT2D eigenvalue weighted by molar-refractivity contribution is -0.396. The van der Waals surface area contributed by atoms with Gasteiger partial charge >= 0.3 is 0 Å². The van der Waals surface area contributed by atoms with Gasteiger partial charge in [0, 0.05) is 6.07 Å². The minimum atomic E-state index is -2.72.